The number of halogens is 1. The van der Waals surface area contributed by atoms with Crippen molar-refractivity contribution in [2.45, 2.75) is 6.92 Å². The number of fused-ring (bicyclic) bond motifs is 1. The fraction of sp³-hybridized carbons (Fsp3) is 0.190. The summed E-state index contributed by atoms with van der Waals surface area (Å²) in [5, 5.41) is 0.958. The molecular formula is C21H19FN2O2. The first-order valence-electron chi connectivity index (χ1n) is 8.06. The van der Waals surface area contributed by atoms with Gasteiger partial charge in [-0.25, -0.2) is 4.39 Å². The fourth-order valence-corrected chi connectivity index (χ4v) is 2.83. The first kappa shape index (κ1) is 17.6. The average Bonchev–Trinajstić information content (AvgIpc) is 2.66. The Morgan fingerprint density at radius 1 is 1.15 bits per heavy atom. The van der Waals surface area contributed by atoms with Crippen molar-refractivity contribution in [2.24, 2.45) is 0 Å². The zero-order valence-electron chi connectivity index (χ0n) is 14.9. The lowest BCUT2D eigenvalue weighted by Crippen LogP contribution is -2.19. The molecule has 0 spiro atoms. The van der Waals surface area contributed by atoms with Crippen LogP contribution in [0.3, 0.4) is 0 Å². The van der Waals surface area contributed by atoms with Crippen molar-refractivity contribution >= 4 is 22.3 Å². The number of methoxy groups -OCH3 is 2. The van der Waals surface area contributed by atoms with Gasteiger partial charge in [0.2, 0.25) is 0 Å². The van der Waals surface area contributed by atoms with E-state index in [1.165, 1.54) is 20.3 Å². The second kappa shape index (κ2) is 7.32. The summed E-state index contributed by atoms with van der Waals surface area (Å²) in [4.78, 5) is 6.11. The van der Waals surface area contributed by atoms with Crippen LogP contribution in [0.2, 0.25) is 0 Å². The zero-order chi connectivity index (χ0) is 18.7. The molecule has 0 fully saturated rings. The van der Waals surface area contributed by atoms with Crippen LogP contribution in [0.25, 0.3) is 10.9 Å². The number of hydrogen-bond acceptors (Lipinski definition) is 4. The van der Waals surface area contributed by atoms with E-state index in [0.717, 1.165) is 22.2 Å². The maximum atomic E-state index is 14.9. The maximum Gasteiger partial charge on any atom is 0.188 e. The van der Waals surface area contributed by atoms with E-state index in [1.54, 1.807) is 11.0 Å². The number of aryl methyl sites for hydroxylation is 1. The summed E-state index contributed by atoms with van der Waals surface area (Å²) in [6, 6.07) is 10.8. The Bertz CT molecular complexity index is 995. The molecule has 0 unspecified atom stereocenters. The molecule has 132 valence electrons. The molecule has 0 aliphatic rings. The van der Waals surface area contributed by atoms with Gasteiger partial charge in [-0.05, 0) is 36.8 Å². The SMILES string of the molecule is C#CCN(c1ccc2ncc(C)cc2c1)c1cc(OC)cc(OC)c1F. The summed E-state index contributed by atoms with van der Waals surface area (Å²) in [6.45, 7) is 2.17. The minimum atomic E-state index is -0.494. The molecule has 0 amide bonds. The lowest BCUT2D eigenvalue weighted by molar-refractivity contribution is 0.374. The van der Waals surface area contributed by atoms with Gasteiger partial charge in [0.15, 0.2) is 11.6 Å². The molecule has 0 aliphatic carbocycles. The number of hydrogen-bond donors (Lipinski definition) is 0. The summed E-state index contributed by atoms with van der Waals surface area (Å²) >= 11 is 0. The molecule has 0 bridgehead atoms. The van der Waals surface area contributed by atoms with E-state index in [9.17, 15) is 4.39 Å². The van der Waals surface area contributed by atoms with Gasteiger partial charge >= 0.3 is 0 Å². The van der Waals surface area contributed by atoms with Crippen LogP contribution in [0, 0.1) is 25.1 Å². The van der Waals surface area contributed by atoms with Gasteiger partial charge in [0.1, 0.15) is 5.75 Å². The van der Waals surface area contributed by atoms with Crippen LogP contribution in [0.4, 0.5) is 15.8 Å². The molecule has 0 N–H and O–H groups in total. The highest BCUT2D eigenvalue weighted by Crippen LogP contribution is 2.37. The zero-order valence-corrected chi connectivity index (χ0v) is 14.9. The number of rotatable bonds is 5. The Morgan fingerprint density at radius 3 is 2.65 bits per heavy atom. The number of ether oxygens (including phenoxy) is 2. The highest BCUT2D eigenvalue weighted by Gasteiger charge is 2.19. The lowest BCUT2D eigenvalue weighted by atomic mass is 10.1. The molecule has 5 heteroatoms. The van der Waals surface area contributed by atoms with Crippen LogP contribution in [0.5, 0.6) is 11.5 Å². The molecule has 4 nitrogen and oxygen atoms in total. The smallest absolute Gasteiger partial charge is 0.188 e. The highest BCUT2D eigenvalue weighted by atomic mass is 19.1. The molecule has 26 heavy (non-hydrogen) atoms. The van der Waals surface area contributed by atoms with Crippen LogP contribution in [0.1, 0.15) is 5.56 Å². The van der Waals surface area contributed by atoms with Gasteiger partial charge in [0, 0.05) is 29.4 Å². The Kier molecular flexibility index (Phi) is 4.94. The second-order valence-corrected chi connectivity index (χ2v) is 5.84. The van der Waals surface area contributed by atoms with Gasteiger partial charge < -0.3 is 14.4 Å². The molecule has 1 heterocycles. The van der Waals surface area contributed by atoms with E-state index in [4.69, 9.17) is 15.9 Å². The first-order valence-corrected chi connectivity index (χ1v) is 8.06. The molecule has 0 saturated carbocycles. The maximum absolute atomic E-state index is 14.9. The van der Waals surface area contributed by atoms with Crippen LogP contribution >= 0.6 is 0 Å². The number of anilines is 2. The van der Waals surface area contributed by atoms with Gasteiger partial charge in [-0.3, -0.25) is 4.98 Å². The van der Waals surface area contributed by atoms with E-state index < -0.39 is 5.82 Å². The quantitative estimate of drug-likeness (QED) is 0.636. The Morgan fingerprint density at radius 2 is 1.96 bits per heavy atom. The van der Waals surface area contributed by atoms with Crippen molar-refractivity contribution in [2.75, 3.05) is 25.7 Å². The van der Waals surface area contributed by atoms with Crippen LogP contribution in [-0.4, -0.2) is 25.7 Å². The highest BCUT2D eigenvalue weighted by molar-refractivity contribution is 5.84. The molecule has 3 aromatic rings. The summed E-state index contributed by atoms with van der Waals surface area (Å²) in [5.41, 5.74) is 2.97. The number of pyridine rings is 1. The molecule has 0 aliphatic heterocycles. The summed E-state index contributed by atoms with van der Waals surface area (Å²) in [7, 11) is 2.93. The third-order valence-electron chi connectivity index (χ3n) is 4.10. The Balaban J connectivity index is 2.17. The van der Waals surface area contributed by atoms with E-state index in [-0.39, 0.29) is 12.3 Å². The van der Waals surface area contributed by atoms with Gasteiger partial charge in [-0.15, -0.1) is 6.42 Å². The standard InChI is InChI=1S/C21H19FN2O2/c1-5-8-24(19-11-17(25-3)12-20(26-4)21(19)22)16-6-7-18-15(10-16)9-14(2)13-23-18/h1,6-7,9-13H,8H2,2-4H3. The monoisotopic (exact) mass is 350 g/mol. The number of terminal acetylenes is 1. The minimum absolute atomic E-state index is 0.0969. The third-order valence-corrected chi connectivity index (χ3v) is 4.10. The number of benzene rings is 2. The van der Waals surface area contributed by atoms with Crippen LogP contribution in [0.15, 0.2) is 42.6 Å². The molecule has 0 atom stereocenters. The first-order chi connectivity index (χ1) is 12.6. The van der Waals surface area contributed by atoms with Gasteiger partial charge in [0.25, 0.3) is 0 Å². The van der Waals surface area contributed by atoms with E-state index in [2.05, 4.69) is 10.9 Å². The van der Waals surface area contributed by atoms with Crippen LogP contribution < -0.4 is 14.4 Å². The minimum Gasteiger partial charge on any atom is -0.497 e. The van der Waals surface area contributed by atoms with Gasteiger partial charge in [0.05, 0.1) is 32.0 Å². The summed E-state index contributed by atoms with van der Waals surface area (Å²) < 4.78 is 25.3. The number of aromatic nitrogens is 1. The summed E-state index contributed by atoms with van der Waals surface area (Å²) in [6.07, 6.45) is 7.36. The van der Waals surface area contributed by atoms with Crippen molar-refractivity contribution in [3.05, 3.63) is 54.0 Å². The predicted molar refractivity (Wildman–Crippen MR) is 102 cm³/mol. The third kappa shape index (κ3) is 3.27. The molecule has 0 saturated heterocycles. The average molecular weight is 350 g/mol. The lowest BCUT2D eigenvalue weighted by Gasteiger charge is -2.25. The second-order valence-electron chi connectivity index (χ2n) is 5.84. The van der Waals surface area contributed by atoms with Crippen molar-refractivity contribution in [1.29, 1.82) is 0 Å². The van der Waals surface area contributed by atoms with E-state index in [1.807, 2.05) is 37.4 Å². The van der Waals surface area contributed by atoms with Gasteiger partial charge in [-0.1, -0.05) is 5.92 Å². The Hall–Kier alpha value is -3.26. The van der Waals surface area contributed by atoms with Crippen molar-refractivity contribution < 1.29 is 13.9 Å². The van der Waals surface area contributed by atoms with Crippen molar-refractivity contribution in [1.82, 2.24) is 4.98 Å². The molecule has 0 radical (unpaired) electrons. The van der Waals surface area contributed by atoms with E-state index in [0.29, 0.717) is 11.4 Å². The molecule has 1 aromatic heterocycles. The normalized spacial score (nSPS) is 10.4. The predicted octanol–water partition coefficient (Wildman–Crippen LogP) is 4.47. The van der Waals surface area contributed by atoms with Gasteiger partial charge in [-0.2, -0.15) is 0 Å². The van der Waals surface area contributed by atoms with Crippen molar-refractivity contribution in [3.63, 3.8) is 0 Å². The molecule has 2 aromatic carbocycles. The molecular weight excluding hydrogens is 331 g/mol. The topological polar surface area (TPSA) is 34.6 Å². The number of nitrogens with zero attached hydrogens (tertiary/aromatic N) is 2. The van der Waals surface area contributed by atoms with Crippen LogP contribution in [-0.2, 0) is 0 Å². The molecule has 3 rings (SSSR count). The largest absolute Gasteiger partial charge is 0.497 e. The Labute approximate surface area is 152 Å². The van der Waals surface area contributed by atoms with Crippen molar-refractivity contribution in [3.8, 4) is 23.8 Å². The van der Waals surface area contributed by atoms with E-state index >= 15 is 0 Å². The summed E-state index contributed by atoms with van der Waals surface area (Å²) in [5.74, 6) is 2.68. The fourth-order valence-electron chi connectivity index (χ4n) is 2.83.